The molecule has 0 atom stereocenters. The number of hydrogen-bond acceptors (Lipinski definition) is 6. The zero-order valence-corrected chi connectivity index (χ0v) is 14.0. The molecule has 0 saturated carbocycles. The summed E-state index contributed by atoms with van der Waals surface area (Å²) in [7, 11) is 4.20. The predicted molar refractivity (Wildman–Crippen MR) is 87.1 cm³/mol. The fourth-order valence-electron chi connectivity index (χ4n) is 2.12. The van der Waals surface area contributed by atoms with Crippen LogP contribution in [0.2, 0.25) is 0 Å². The van der Waals surface area contributed by atoms with Crippen LogP contribution in [-0.2, 0) is 4.74 Å². The van der Waals surface area contributed by atoms with Gasteiger partial charge in [0.2, 0.25) is 5.78 Å². The average molecular weight is 348 g/mol. The van der Waals surface area contributed by atoms with Crippen LogP contribution in [0.15, 0.2) is 36.4 Å². The van der Waals surface area contributed by atoms with E-state index < -0.39 is 24.2 Å². The van der Waals surface area contributed by atoms with Crippen molar-refractivity contribution in [3.8, 4) is 17.2 Å². The zero-order valence-electron chi connectivity index (χ0n) is 14.0. The number of hydrogen-bond donors (Lipinski definition) is 0. The molecule has 2 rings (SSSR count). The highest BCUT2D eigenvalue weighted by Gasteiger charge is 2.17. The van der Waals surface area contributed by atoms with Crippen LogP contribution in [0, 0.1) is 5.82 Å². The number of rotatable bonds is 7. The fourth-order valence-corrected chi connectivity index (χ4v) is 2.12. The summed E-state index contributed by atoms with van der Waals surface area (Å²) in [5, 5.41) is 0. The maximum Gasteiger partial charge on any atom is 0.338 e. The van der Waals surface area contributed by atoms with Gasteiger partial charge in [-0.15, -0.1) is 0 Å². The van der Waals surface area contributed by atoms with E-state index in [0.29, 0.717) is 11.5 Å². The summed E-state index contributed by atoms with van der Waals surface area (Å²) in [6, 6.07) is 8.34. The van der Waals surface area contributed by atoms with Crippen molar-refractivity contribution in [1.82, 2.24) is 0 Å². The third kappa shape index (κ3) is 4.26. The Morgan fingerprint density at radius 3 is 2.20 bits per heavy atom. The third-order valence-electron chi connectivity index (χ3n) is 3.43. The molecule has 0 aromatic heterocycles. The molecule has 2 aromatic carbocycles. The standard InChI is InChI=1S/C18H17FO6/c1-22-12-5-7-16(23-2)13(9-12)15(20)10-25-18(21)11-4-6-17(24-3)14(19)8-11/h4-9H,10H2,1-3H3. The van der Waals surface area contributed by atoms with Crippen molar-refractivity contribution in [3.05, 3.63) is 53.3 Å². The Hall–Kier alpha value is -3.09. The highest BCUT2D eigenvalue weighted by Crippen LogP contribution is 2.24. The van der Waals surface area contributed by atoms with Gasteiger partial charge in [-0.05, 0) is 36.4 Å². The SMILES string of the molecule is COc1ccc(OC)c(C(=O)COC(=O)c2ccc(OC)c(F)c2)c1. The smallest absolute Gasteiger partial charge is 0.338 e. The number of methoxy groups -OCH3 is 3. The molecule has 0 spiro atoms. The van der Waals surface area contributed by atoms with Crippen molar-refractivity contribution in [2.24, 2.45) is 0 Å². The van der Waals surface area contributed by atoms with E-state index in [9.17, 15) is 14.0 Å². The van der Waals surface area contributed by atoms with Crippen molar-refractivity contribution in [2.75, 3.05) is 27.9 Å². The largest absolute Gasteiger partial charge is 0.497 e. The van der Waals surface area contributed by atoms with Gasteiger partial charge in [0.25, 0.3) is 0 Å². The lowest BCUT2D eigenvalue weighted by atomic mass is 10.1. The average Bonchev–Trinajstić information content (AvgIpc) is 2.65. The van der Waals surface area contributed by atoms with Gasteiger partial charge in [0.1, 0.15) is 11.5 Å². The van der Waals surface area contributed by atoms with Crippen LogP contribution >= 0.6 is 0 Å². The number of ether oxygens (including phenoxy) is 4. The summed E-state index contributed by atoms with van der Waals surface area (Å²) in [6.07, 6.45) is 0. The first kappa shape index (κ1) is 18.3. The van der Waals surface area contributed by atoms with Crippen LogP contribution < -0.4 is 14.2 Å². The van der Waals surface area contributed by atoms with E-state index in [-0.39, 0.29) is 16.9 Å². The normalized spacial score (nSPS) is 10.1. The molecule has 0 aliphatic rings. The van der Waals surface area contributed by atoms with Gasteiger partial charge in [-0.25, -0.2) is 9.18 Å². The van der Waals surface area contributed by atoms with Crippen molar-refractivity contribution in [1.29, 1.82) is 0 Å². The first-order chi connectivity index (χ1) is 12.0. The zero-order chi connectivity index (χ0) is 18.4. The first-order valence-electron chi connectivity index (χ1n) is 7.26. The summed E-state index contributed by atoms with van der Waals surface area (Å²) in [4.78, 5) is 24.3. The molecule has 0 aliphatic carbocycles. The summed E-state index contributed by atoms with van der Waals surface area (Å²) >= 11 is 0. The van der Waals surface area contributed by atoms with Gasteiger partial charge in [-0.1, -0.05) is 0 Å². The summed E-state index contributed by atoms with van der Waals surface area (Å²) in [5.74, 6) is -1.19. The van der Waals surface area contributed by atoms with E-state index >= 15 is 0 Å². The molecule has 0 heterocycles. The lowest BCUT2D eigenvalue weighted by Crippen LogP contribution is -2.15. The minimum atomic E-state index is -0.822. The van der Waals surface area contributed by atoms with Gasteiger partial charge < -0.3 is 18.9 Å². The third-order valence-corrected chi connectivity index (χ3v) is 3.43. The van der Waals surface area contributed by atoms with E-state index in [1.165, 1.54) is 39.5 Å². The maximum absolute atomic E-state index is 13.6. The molecule has 0 aliphatic heterocycles. The van der Waals surface area contributed by atoms with Gasteiger partial charge in [0.15, 0.2) is 18.2 Å². The second-order valence-corrected chi connectivity index (χ2v) is 4.91. The molecule has 0 fully saturated rings. The highest BCUT2D eigenvalue weighted by molar-refractivity contribution is 6.01. The molecule has 0 unspecified atom stereocenters. The van der Waals surface area contributed by atoms with Gasteiger partial charge in [-0.2, -0.15) is 0 Å². The Labute approximate surface area is 144 Å². The Morgan fingerprint density at radius 2 is 1.60 bits per heavy atom. The van der Waals surface area contributed by atoms with Gasteiger partial charge >= 0.3 is 5.97 Å². The first-order valence-corrected chi connectivity index (χ1v) is 7.26. The van der Waals surface area contributed by atoms with Crippen LogP contribution in [0.25, 0.3) is 0 Å². The topological polar surface area (TPSA) is 71.1 Å². The molecule has 6 nitrogen and oxygen atoms in total. The quantitative estimate of drug-likeness (QED) is 0.566. The van der Waals surface area contributed by atoms with Crippen LogP contribution in [-0.4, -0.2) is 39.7 Å². The molecule has 25 heavy (non-hydrogen) atoms. The number of Topliss-reactive ketones (excluding diaryl/α,β-unsaturated/α-hetero) is 1. The molecule has 0 saturated heterocycles. The van der Waals surface area contributed by atoms with E-state index in [2.05, 4.69) is 0 Å². The van der Waals surface area contributed by atoms with Crippen LogP contribution in [0.4, 0.5) is 4.39 Å². The Bertz CT molecular complexity index is 787. The molecular weight excluding hydrogens is 331 g/mol. The molecule has 0 radical (unpaired) electrons. The monoisotopic (exact) mass is 348 g/mol. The maximum atomic E-state index is 13.6. The lowest BCUT2D eigenvalue weighted by Gasteiger charge is -2.10. The van der Waals surface area contributed by atoms with E-state index in [4.69, 9.17) is 18.9 Å². The van der Waals surface area contributed by atoms with E-state index in [1.54, 1.807) is 12.1 Å². The molecule has 0 amide bonds. The molecular formula is C18H17FO6. The number of halogens is 1. The van der Waals surface area contributed by atoms with Crippen molar-refractivity contribution >= 4 is 11.8 Å². The van der Waals surface area contributed by atoms with E-state index in [0.717, 1.165) is 6.07 Å². The van der Waals surface area contributed by atoms with Crippen molar-refractivity contribution in [3.63, 3.8) is 0 Å². The lowest BCUT2D eigenvalue weighted by molar-refractivity contribution is 0.0473. The summed E-state index contributed by atoms with van der Waals surface area (Å²) in [6.45, 7) is -0.518. The van der Waals surface area contributed by atoms with Crippen molar-refractivity contribution < 1.29 is 32.9 Å². The van der Waals surface area contributed by atoms with Crippen LogP contribution in [0.3, 0.4) is 0 Å². The van der Waals surface area contributed by atoms with Gasteiger partial charge in [0.05, 0.1) is 32.5 Å². The second kappa shape index (κ2) is 8.14. The minimum absolute atomic E-state index is 0.00810. The Morgan fingerprint density at radius 1 is 0.920 bits per heavy atom. The fraction of sp³-hybridized carbons (Fsp3) is 0.222. The summed E-state index contributed by atoms with van der Waals surface area (Å²) in [5.41, 5.74) is 0.194. The molecule has 0 N–H and O–H groups in total. The second-order valence-electron chi connectivity index (χ2n) is 4.91. The van der Waals surface area contributed by atoms with E-state index in [1.807, 2.05) is 0 Å². The number of carbonyl (C=O) groups is 2. The summed E-state index contributed by atoms with van der Waals surface area (Å²) < 4.78 is 33.5. The van der Waals surface area contributed by atoms with Gasteiger partial charge in [0, 0.05) is 0 Å². The number of ketones is 1. The van der Waals surface area contributed by atoms with Crippen LogP contribution in [0.5, 0.6) is 17.2 Å². The Kier molecular flexibility index (Phi) is 5.94. The number of carbonyl (C=O) groups excluding carboxylic acids is 2. The van der Waals surface area contributed by atoms with Crippen LogP contribution in [0.1, 0.15) is 20.7 Å². The van der Waals surface area contributed by atoms with Gasteiger partial charge in [-0.3, -0.25) is 4.79 Å². The predicted octanol–water partition coefficient (Wildman–Crippen LogP) is 2.89. The van der Waals surface area contributed by atoms with Crippen molar-refractivity contribution in [2.45, 2.75) is 0 Å². The number of esters is 1. The molecule has 2 aromatic rings. The highest BCUT2D eigenvalue weighted by atomic mass is 19.1. The number of benzene rings is 2. The minimum Gasteiger partial charge on any atom is -0.497 e. The molecule has 132 valence electrons. The molecule has 0 bridgehead atoms. The Balaban J connectivity index is 2.09. The molecule has 7 heteroatoms.